The lowest BCUT2D eigenvalue weighted by Gasteiger charge is -2.08. The molecule has 0 atom stereocenters. The van der Waals surface area contributed by atoms with Crippen LogP contribution in [0.1, 0.15) is 20.3 Å². The van der Waals surface area contributed by atoms with Gasteiger partial charge in [0.1, 0.15) is 0 Å². The maximum atomic E-state index is 5.37. The Hall–Kier alpha value is -0.160. The second-order valence-electron chi connectivity index (χ2n) is 3.63. The van der Waals surface area contributed by atoms with E-state index in [2.05, 4.69) is 5.32 Å². The minimum absolute atomic E-state index is 0.292. The van der Waals surface area contributed by atoms with Gasteiger partial charge in [-0.25, -0.2) is 0 Å². The molecule has 4 nitrogen and oxygen atoms in total. The third kappa shape index (κ3) is 13.8. The second kappa shape index (κ2) is 11.9. The Morgan fingerprint density at radius 1 is 1.00 bits per heavy atom. The maximum absolute atomic E-state index is 5.37. The molecule has 0 aliphatic rings. The highest BCUT2D eigenvalue weighted by atomic mass is 16.5. The highest BCUT2D eigenvalue weighted by molar-refractivity contribution is 4.46. The highest BCUT2D eigenvalue weighted by Gasteiger charge is 1.93. The summed E-state index contributed by atoms with van der Waals surface area (Å²) in [6.45, 7) is 8.85. The van der Waals surface area contributed by atoms with E-state index in [9.17, 15) is 0 Å². The van der Waals surface area contributed by atoms with E-state index in [0.717, 1.165) is 32.7 Å². The van der Waals surface area contributed by atoms with Crippen LogP contribution < -0.4 is 5.32 Å². The Balaban J connectivity index is 2.87. The molecule has 0 saturated carbocycles. The predicted molar refractivity (Wildman–Crippen MR) is 61.3 cm³/mol. The Bertz CT molecular complexity index is 120. The molecule has 0 aromatic carbocycles. The van der Waals surface area contributed by atoms with E-state index in [0.29, 0.717) is 19.3 Å². The topological polar surface area (TPSA) is 39.7 Å². The minimum atomic E-state index is 0.292. The lowest BCUT2D eigenvalue weighted by Crippen LogP contribution is -2.22. The van der Waals surface area contributed by atoms with Gasteiger partial charge < -0.3 is 19.5 Å². The summed E-state index contributed by atoms with van der Waals surface area (Å²) < 4.78 is 15.6. The molecule has 0 aromatic rings. The van der Waals surface area contributed by atoms with Crippen LogP contribution in [0.4, 0.5) is 0 Å². The first-order chi connectivity index (χ1) is 7.27. The van der Waals surface area contributed by atoms with Gasteiger partial charge in [-0.3, -0.25) is 0 Å². The average Bonchev–Trinajstić information content (AvgIpc) is 2.20. The largest absolute Gasteiger partial charge is 0.385 e. The van der Waals surface area contributed by atoms with Crippen LogP contribution in [0.25, 0.3) is 0 Å². The van der Waals surface area contributed by atoms with Gasteiger partial charge in [-0.1, -0.05) is 0 Å². The van der Waals surface area contributed by atoms with Crippen LogP contribution in [-0.2, 0) is 14.2 Å². The molecule has 0 heterocycles. The fourth-order valence-electron chi connectivity index (χ4n) is 1.06. The molecule has 0 radical (unpaired) electrons. The van der Waals surface area contributed by atoms with E-state index in [-0.39, 0.29) is 0 Å². The fraction of sp³-hybridized carbons (Fsp3) is 1.00. The van der Waals surface area contributed by atoms with Gasteiger partial charge in [-0.2, -0.15) is 0 Å². The van der Waals surface area contributed by atoms with Crippen LogP contribution in [-0.4, -0.2) is 52.7 Å². The van der Waals surface area contributed by atoms with Gasteiger partial charge in [0, 0.05) is 20.3 Å². The summed E-state index contributed by atoms with van der Waals surface area (Å²) in [5.41, 5.74) is 0. The molecule has 0 unspecified atom stereocenters. The number of methoxy groups -OCH3 is 1. The number of hydrogen-bond acceptors (Lipinski definition) is 4. The van der Waals surface area contributed by atoms with Crippen molar-refractivity contribution in [3.63, 3.8) is 0 Å². The zero-order valence-electron chi connectivity index (χ0n) is 10.3. The summed E-state index contributed by atoms with van der Waals surface area (Å²) in [5.74, 6) is 0. The zero-order chi connectivity index (χ0) is 11.4. The Morgan fingerprint density at radius 2 is 1.80 bits per heavy atom. The normalized spacial score (nSPS) is 11.2. The molecule has 15 heavy (non-hydrogen) atoms. The first-order valence-corrected chi connectivity index (χ1v) is 5.66. The Morgan fingerprint density at radius 3 is 2.47 bits per heavy atom. The van der Waals surface area contributed by atoms with Crippen molar-refractivity contribution in [1.82, 2.24) is 5.32 Å². The van der Waals surface area contributed by atoms with Crippen molar-refractivity contribution in [3.05, 3.63) is 0 Å². The molecule has 1 N–H and O–H groups in total. The van der Waals surface area contributed by atoms with E-state index < -0.39 is 0 Å². The summed E-state index contributed by atoms with van der Waals surface area (Å²) >= 11 is 0. The zero-order valence-corrected chi connectivity index (χ0v) is 10.3. The predicted octanol–water partition coefficient (Wildman–Crippen LogP) is 1.05. The van der Waals surface area contributed by atoms with Crippen molar-refractivity contribution >= 4 is 0 Å². The van der Waals surface area contributed by atoms with Crippen LogP contribution >= 0.6 is 0 Å². The molecule has 0 aliphatic carbocycles. The second-order valence-corrected chi connectivity index (χ2v) is 3.63. The van der Waals surface area contributed by atoms with E-state index in [1.807, 2.05) is 13.8 Å². The van der Waals surface area contributed by atoms with E-state index >= 15 is 0 Å². The van der Waals surface area contributed by atoms with Crippen molar-refractivity contribution in [2.45, 2.75) is 26.4 Å². The van der Waals surface area contributed by atoms with E-state index in [1.54, 1.807) is 7.11 Å². The molecule has 0 saturated heterocycles. The SMILES string of the molecule is COCCCNCCOCCOC(C)C. The molecule has 0 aromatic heterocycles. The molecule has 0 rings (SSSR count). The highest BCUT2D eigenvalue weighted by Crippen LogP contribution is 1.86. The van der Waals surface area contributed by atoms with Crippen LogP contribution in [0.5, 0.6) is 0 Å². The van der Waals surface area contributed by atoms with Crippen molar-refractivity contribution in [1.29, 1.82) is 0 Å². The molecule has 0 fully saturated rings. The minimum Gasteiger partial charge on any atom is -0.385 e. The summed E-state index contributed by atoms with van der Waals surface area (Å²) in [5, 5.41) is 3.27. The molecule has 0 amide bonds. The molecule has 0 spiro atoms. The maximum Gasteiger partial charge on any atom is 0.0703 e. The van der Waals surface area contributed by atoms with Crippen LogP contribution in [0.3, 0.4) is 0 Å². The lowest BCUT2D eigenvalue weighted by atomic mass is 10.4. The third-order valence-corrected chi connectivity index (χ3v) is 1.80. The average molecular weight is 219 g/mol. The van der Waals surface area contributed by atoms with Gasteiger partial charge in [0.25, 0.3) is 0 Å². The molecular weight excluding hydrogens is 194 g/mol. The van der Waals surface area contributed by atoms with Gasteiger partial charge in [0.05, 0.1) is 25.9 Å². The monoisotopic (exact) mass is 219 g/mol. The van der Waals surface area contributed by atoms with Crippen LogP contribution in [0, 0.1) is 0 Å². The fourth-order valence-corrected chi connectivity index (χ4v) is 1.06. The van der Waals surface area contributed by atoms with E-state index in [4.69, 9.17) is 14.2 Å². The standard InChI is InChI=1S/C11H25NO3/c1-11(2)15-10-9-14-8-6-12-5-4-7-13-3/h11-12H,4-10H2,1-3H3. The first kappa shape index (κ1) is 14.8. The first-order valence-electron chi connectivity index (χ1n) is 5.66. The van der Waals surface area contributed by atoms with Gasteiger partial charge in [0.2, 0.25) is 0 Å². The van der Waals surface area contributed by atoms with Gasteiger partial charge in [-0.05, 0) is 26.8 Å². The molecule has 0 bridgehead atoms. The van der Waals surface area contributed by atoms with E-state index in [1.165, 1.54) is 0 Å². The van der Waals surface area contributed by atoms with Gasteiger partial charge in [0.15, 0.2) is 0 Å². The molecule has 92 valence electrons. The molecule has 4 heteroatoms. The summed E-state index contributed by atoms with van der Waals surface area (Å²) in [6.07, 6.45) is 1.34. The van der Waals surface area contributed by atoms with Crippen LogP contribution in [0.2, 0.25) is 0 Å². The Kier molecular flexibility index (Phi) is 11.8. The number of rotatable bonds is 11. The number of ether oxygens (including phenoxy) is 3. The number of hydrogen-bond donors (Lipinski definition) is 1. The smallest absolute Gasteiger partial charge is 0.0703 e. The quantitative estimate of drug-likeness (QED) is 0.527. The van der Waals surface area contributed by atoms with Crippen molar-refractivity contribution in [3.8, 4) is 0 Å². The lowest BCUT2D eigenvalue weighted by molar-refractivity contribution is 0.0204. The van der Waals surface area contributed by atoms with Crippen molar-refractivity contribution < 1.29 is 14.2 Å². The summed E-state index contributed by atoms with van der Waals surface area (Å²) in [7, 11) is 1.72. The summed E-state index contributed by atoms with van der Waals surface area (Å²) in [4.78, 5) is 0. The molecular formula is C11H25NO3. The van der Waals surface area contributed by atoms with Crippen molar-refractivity contribution in [2.75, 3.05) is 46.6 Å². The summed E-state index contributed by atoms with van der Waals surface area (Å²) in [6, 6.07) is 0. The molecule has 0 aliphatic heterocycles. The van der Waals surface area contributed by atoms with Gasteiger partial charge in [-0.15, -0.1) is 0 Å². The van der Waals surface area contributed by atoms with Gasteiger partial charge >= 0.3 is 0 Å². The van der Waals surface area contributed by atoms with Crippen LogP contribution in [0.15, 0.2) is 0 Å². The number of nitrogens with one attached hydrogen (secondary N) is 1. The Labute approximate surface area is 93.3 Å². The third-order valence-electron chi connectivity index (χ3n) is 1.80. The van der Waals surface area contributed by atoms with Crippen molar-refractivity contribution in [2.24, 2.45) is 0 Å².